The molecule has 6 nitrogen and oxygen atoms in total. The molecule has 7 heteroatoms. The van der Waals surface area contributed by atoms with E-state index in [1.807, 2.05) is 32.3 Å². The van der Waals surface area contributed by atoms with Crippen molar-refractivity contribution in [2.24, 2.45) is 0 Å². The number of morpholine rings is 1. The summed E-state index contributed by atoms with van der Waals surface area (Å²) in [5.74, 6) is 1.52. The molecule has 3 heterocycles. The Morgan fingerprint density at radius 3 is 3.05 bits per heavy atom. The van der Waals surface area contributed by atoms with E-state index in [1.54, 1.807) is 11.3 Å². The van der Waals surface area contributed by atoms with Crippen LogP contribution >= 0.6 is 11.3 Å². The molecule has 0 saturated carbocycles. The smallest absolute Gasteiger partial charge is 0.225 e. The summed E-state index contributed by atoms with van der Waals surface area (Å²) in [6.07, 6.45) is -0.199. The molecule has 1 fully saturated rings. The number of nitrogens with zero attached hydrogens (tertiary/aromatic N) is 3. The number of hydrogen-bond acceptors (Lipinski definition) is 7. The van der Waals surface area contributed by atoms with Crippen molar-refractivity contribution in [2.45, 2.75) is 25.6 Å². The first kappa shape index (κ1) is 14.5. The third kappa shape index (κ3) is 2.81. The SMILES string of the molecule is CNc1nc(N2CC(CO)OC(C)(C)C2)c2ccsc2n1. The largest absolute Gasteiger partial charge is 0.394 e. The van der Waals surface area contributed by atoms with E-state index in [-0.39, 0.29) is 18.3 Å². The number of hydrogen-bond donors (Lipinski definition) is 2. The first-order valence-corrected chi connectivity index (χ1v) is 7.87. The van der Waals surface area contributed by atoms with Crippen molar-refractivity contribution in [2.75, 3.05) is 37.0 Å². The molecule has 0 aliphatic carbocycles. The second-order valence-corrected chi connectivity index (χ2v) is 6.72. The van der Waals surface area contributed by atoms with Gasteiger partial charge in [-0.15, -0.1) is 11.3 Å². The Labute approximate surface area is 127 Å². The highest BCUT2D eigenvalue weighted by atomic mass is 32.1. The normalized spacial score (nSPS) is 21.7. The van der Waals surface area contributed by atoms with Gasteiger partial charge in [0, 0.05) is 20.1 Å². The van der Waals surface area contributed by atoms with Gasteiger partial charge in [0.1, 0.15) is 10.6 Å². The second kappa shape index (κ2) is 5.40. The van der Waals surface area contributed by atoms with E-state index in [0.29, 0.717) is 12.5 Å². The highest BCUT2D eigenvalue weighted by Crippen LogP contribution is 2.32. The number of fused-ring (bicyclic) bond motifs is 1. The van der Waals surface area contributed by atoms with Gasteiger partial charge in [-0.3, -0.25) is 0 Å². The van der Waals surface area contributed by atoms with Gasteiger partial charge in [-0.1, -0.05) is 0 Å². The van der Waals surface area contributed by atoms with Crippen molar-refractivity contribution >= 4 is 33.3 Å². The van der Waals surface area contributed by atoms with E-state index in [9.17, 15) is 5.11 Å². The number of thiophene rings is 1. The lowest BCUT2D eigenvalue weighted by atomic mass is 10.1. The fourth-order valence-corrected chi connectivity index (χ4v) is 3.50. The molecule has 1 unspecified atom stereocenters. The third-order valence-electron chi connectivity index (χ3n) is 3.51. The van der Waals surface area contributed by atoms with Crippen LogP contribution in [0.1, 0.15) is 13.8 Å². The molecule has 1 aliphatic rings. The van der Waals surface area contributed by atoms with Gasteiger partial charge in [0.15, 0.2) is 0 Å². The summed E-state index contributed by atoms with van der Waals surface area (Å²) in [4.78, 5) is 12.2. The van der Waals surface area contributed by atoms with Crippen LogP contribution in [0.4, 0.5) is 11.8 Å². The lowest BCUT2D eigenvalue weighted by Crippen LogP contribution is -2.54. The highest BCUT2D eigenvalue weighted by Gasteiger charge is 2.34. The minimum atomic E-state index is -0.321. The van der Waals surface area contributed by atoms with Crippen molar-refractivity contribution < 1.29 is 9.84 Å². The van der Waals surface area contributed by atoms with Crippen LogP contribution in [0, 0.1) is 0 Å². The predicted octanol–water partition coefficient (Wildman–Crippen LogP) is 1.71. The molecule has 1 atom stereocenters. The van der Waals surface area contributed by atoms with Crippen LogP contribution in [-0.4, -0.2) is 53.5 Å². The zero-order chi connectivity index (χ0) is 15.0. The monoisotopic (exact) mass is 308 g/mol. The molecular weight excluding hydrogens is 288 g/mol. The molecule has 2 N–H and O–H groups in total. The van der Waals surface area contributed by atoms with Gasteiger partial charge in [0.05, 0.1) is 23.7 Å². The van der Waals surface area contributed by atoms with Crippen molar-refractivity contribution in [3.63, 3.8) is 0 Å². The van der Waals surface area contributed by atoms with Crippen molar-refractivity contribution in [3.8, 4) is 0 Å². The molecule has 1 saturated heterocycles. The zero-order valence-electron chi connectivity index (χ0n) is 12.5. The standard InChI is InChI=1S/C14H20N4O2S/c1-14(2)8-18(6-9(7-19)20-14)11-10-4-5-21-12(10)17-13(15-3)16-11/h4-5,9,19H,6-8H2,1-3H3,(H,15,16,17). The van der Waals surface area contributed by atoms with Crippen LogP contribution in [0.2, 0.25) is 0 Å². The summed E-state index contributed by atoms with van der Waals surface area (Å²) in [5.41, 5.74) is -0.321. The number of aromatic nitrogens is 2. The lowest BCUT2D eigenvalue weighted by Gasteiger charge is -2.43. The molecule has 2 aromatic rings. The van der Waals surface area contributed by atoms with Gasteiger partial charge in [-0.2, -0.15) is 4.98 Å². The maximum Gasteiger partial charge on any atom is 0.225 e. The predicted molar refractivity (Wildman–Crippen MR) is 85.2 cm³/mol. The number of nitrogens with one attached hydrogen (secondary N) is 1. The number of anilines is 2. The van der Waals surface area contributed by atoms with Crippen LogP contribution in [-0.2, 0) is 4.74 Å². The number of ether oxygens (including phenoxy) is 1. The first-order valence-electron chi connectivity index (χ1n) is 6.99. The Kier molecular flexibility index (Phi) is 3.73. The van der Waals surface area contributed by atoms with Crippen molar-refractivity contribution in [1.82, 2.24) is 9.97 Å². The summed E-state index contributed by atoms with van der Waals surface area (Å²) in [7, 11) is 1.82. The van der Waals surface area contributed by atoms with Gasteiger partial charge in [0.25, 0.3) is 0 Å². The molecule has 0 amide bonds. The fraction of sp³-hybridized carbons (Fsp3) is 0.571. The van der Waals surface area contributed by atoms with E-state index in [1.165, 1.54) is 0 Å². The minimum Gasteiger partial charge on any atom is -0.394 e. The summed E-state index contributed by atoms with van der Waals surface area (Å²) < 4.78 is 5.88. The molecule has 3 rings (SSSR count). The van der Waals surface area contributed by atoms with Gasteiger partial charge in [0.2, 0.25) is 5.95 Å². The van der Waals surface area contributed by atoms with Crippen LogP contribution < -0.4 is 10.2 Å². The number of rotatable bonds is 3. The topological polar surface area (TPSA) is 70.5 Å². The van der Waals surface area contributed by atoms with Gasteiger partial charge < -0.3 is 20.1 Å². The Morgan fingerprint density at radius 2 is 2.33 bits per heavy atom. The zero-order valence-corrected chi connectivity index (χ0v) is 13.3. The van der Waals surface area contributed by atoms with Gasteiger partial charge >= 0.3 is 0 Å². The number of aliphatic hydroxyl groups excluding tert-OH is 1. The number of aliphatic hydroxyl groups is 1. The molecule has 0 spiro atoms. The summed E-state index contributed by atoms with van der Waals surface area (Å²) in [5, 5.41) is 15.6. The fourth-order valence-electron chi connectivity index (χ4n) is 2.74. The molecule has 1 aliphatic heterocycles. The maximum atomic E-state index is 9.47. The van der Waals surface area contributed by atoms with E-state index in [4.69, 9.17) is 4.74 Å². The van der Waals surface area contributed by atoms with Crippen LogP contribution in [0.3, 0.4) is 0 Å². The molecule has 0 bridgehead atoms. The van der Waals surface area contributed by atoms with E-state index in [0.717, 1.165) is 22.6 Å². The van der Waals surface area contributed by atoms with E-state index in [2.05, 4.69) is 20.2 Å². The molecular formula is C14H20N4O2S. The quantitative estimate of drug-likeness (QED) is 0.899. The second-order valence-electron chi connectivity index (χ2n) is 5.82. The third-order valence-corrected chi connectivity index (χ3v) is 4.32. The first-order chi connectivity index (χ1) is 10.0. The molecule has 2 aromatic heterocycles. The average molecular weight is 308 g/mol. The van der Waals surface area contributed by atoms with Crippen molar-refractivity contribution in [1.29, 1.82) is 0 Å². The molecule has 0 aromatic carbocycles. The Hall–Kier alpha value is -1.44. The summed E-state index contributed by atoms with van der Waals surface area (Å²) in [6.45, 7) is 5.44. The maximum absolute atomic E-state index is 9.47. The molecule has 114 valence electrons. The average Bonchev–Trinajstić information content (AvgIpc) is 2.92. The van der Waals surface area contributed by atoms with E-state index < -0.39 is 0 Å². The van der Waals surface area contributed by atoms with Crippen LogP contribution in [0.15, 0.2) is 11.4 Å². The van der Waals surface area contributed by atoms with E-state index >= 15 is 0 Å². The van der Waals surface area contributed by atoms with Crippen LogP contribution in [0.5, 0.6) is 0 Å². The molecule has 0 radical (unpaired) electrons. The minimum absolute atomic E-state index is 0.0106. The summed E-state index contributed by atoms with van der Waals surface area (Å²) in [6, 6.07) is 2.05. The molecule has 21 heavy (non-hydrogen) atoms. The highest BCUT2D eigenvalue weighted by molar-refractivity contribution is 7.16. The summed E-state index contributed by atoms with van der Waals surface area (Å²) >= 11 is 1.60. The lowest BCUT2D eigenvalue weighted by molar-refractivity contribution is -0.101. The van der Waals surface area contributed by atoms with Gasteiger partial charge in [-0.05, 0) is 25.3 Å². The van der Waals surface area contributed by atoms with Crippen LogP contribution in [0.25, 0.3) is 10.2 Å². The Bertz CT molecular complexity index is 643. The van der Waals surface area contributed by atoms with Crippen molar-refractivity contribution in [3.05, 3.63) is 11.4 Å². The van der Waals surface area contributed by atoms with Gasteiger partial charge in [-0.25, -0.2) is 4.98 Å². The Balaban J connectivity index is 2.04. The Morgan fingerprint density at radius 1 is 1.52 bits per heavy atom.